The molecule has 0 heterocycles. The molecular formula is C21H16F3NO. The highest BCUT2D eigenvalue weighted by atomic mass is 19.4. The molecule has 1 amide bonds. The minimum atomic E-state index is -4.60. The van der Waals surface area contributed by atoms with Crippen LogP contribution in [0.25, 0.3) is 0 Å². The van der Waals surface area contributed by atoms with Crippen molar-refractivity contribution in [1.82, 2.24) is 0 Å². The molecule has 0 aliphatic rings. The molecule has 3 aromatic rings. The van der Waals surface area contributed by atoms with Gasteiger partial charge in [0.2, 0.25) is 0 Å². The molecule has 0 radical (unpaired) electrons. The summed E-state index contributed by atoms with van der Waals surface area (Å²) in [5.74, 6) is -0.687. The minimum absolute atomic E-state index is 0.176. The van der Waals surface area contributed by atoms with E-state index < -0.39 is 17.6 Å². The van der Waals surface area contributed by atoms with Gasteiger partial charge in [0.1, 0.15) is 0 Å². The van der Waals surface area contributed by atoms with Crippen molar-refractivity contribution in [1.29, 1.82) is 0 Å². The molecule has 132 valence electrons. The third-order valence-corrected chi connectivity index (χ3v) is 3.96. The summed E-state index contributed by atoms with van der Waals surface area (Å²) in [4.78, 5) is 14.4. The average molecular weight is 355 g/mol. The first-order chi connectivity index (χ1) is 12.5. The highest BCUT2D eigenvalue weighted by molar-refractivity contribution is 6.07. The van der Waals surface area contributed by atoms with Crippen LogP contribution < -0.4 is 4.90 Å². The van der Waals surface area contributed by atoms with Gasteiger partial charge < -0.3 is 4.90 Å². The Morgan fingerprint density at radius 1 is 0.769 bits per heavy atom. The van der Waals surface area contributed by atoms with Gasteiger partial charge in [0.15, 0.2) is 0 Å². The lowest BCUT2D eigenvalue weighted by molar-refractivity contribution is -0.137. The van der Waals surface area contributed by atoms with E-state index in [1.54, 1.807) is 30.3 Å². The van der Waals surface area contributed by atoms with Crippen LogP contribution in [0.5, 0.6) is 0 Å². The Balaban J connectivity index is 2.04. The van der Waals surface area contributed by atoms with Crippen LogP contribution >= 0.6 is 0 Å². The van der Waals surface area contributed by atoms with E-state index in [2.05, 4.69) is 0 Å². The Hall–Kier alpha value is -3.08. The van der Waals surface area contributed by atoms with Crippen LogP contribution in [-0.2, 0) is 12.7 Å². The predicted octanol–water partition coefficient (Wildman–Crippen LogP) is 5.55. The summed E-state index contributed by atoms with van der Waals surface area (Å²) < 4.78 is 40.0. The Morgan fingerprint density at radius 2 is 1.31 bits per heavy atom. The fourth-order valence-electron chi connectivity index (χ4n) is 2.72. The normalized spacial score (nSPS) is 11.2. The number of benzene rings is 3. The maximum atomic E-state index is 13.3. The number of para-hydroxylation sites is 1. The van der Waals surface area contributed by atoms with E-state index in [0.29, 0.717) is 5.69 Å². The van der Waals surface area contributed by atoms with Crippen LogP contribution in [0.2, 0.25) is 0 Å². The number of alkyl halides is 3. The summed E-state index contributed by atoms with van der Waals surface area (Å²) in [6.07, 6.45) is -4.60. The van der Waals surface area contributed by atoms with Crippen LogP contribution in [0.15, 0.2) is 84.9 Å². The molecule has 0 aliphatic carbocycles. The Morgan fingerprint density at radius 3 is 1.92 bits per heavy atom. The summed E-state index contributed by atoms with van der Waals surface area (Å²) in [5.41, 5.74) is 0.0753. The summed E-state index contributed by atoms with van der Waals surface area (Å²) in [6, 6.07) is 22.7. The summed E-state index contributed by atoms with van der Waals surface area (Å²) in [7, 11) is 0. The number of amides is 1. The first-order valence-electron chi connectivity index (χ1n) is 8.04. The quantitative estimate of drug-likeness (QED) is 0.601. The first-order valence-corrected chi connectivity index (χ1v) is 8.04. The Bertz CT molecular complexity index is 877. The van der Waals surface area contributed by atoms with E-state index in [4.69, 9.17) is 0 Å². The maximum Gasteiger partial charge on any atom is 0.417 e. The zero-order valence-corrected chi connectivity index (χ0v) is 13.8. The lowest BCUT2D eigenvalue weighted by Crippen LogP contribution is -2.32. The molecule has 0 atom stereocenters. The molecule has 0 saturated carbocycles. The van der Waals surface area contributed by atoms with Crippen LogP contribution in [0.3, 0.4) is 0 Å². The number of hydrogen-bond donors (Lipinski definition) is 0. The topological polar surface area (TPSA) is 20.3 Å². The van der Waals surface area contributed by atoms with Crippen molar-refractivity contribution >= 4 is 11.6 Å². The van der Waals surface area contributed by atoms with E-state index in [1.165, 1.54) is 23.1 Å². The molecule has 0 unspecified atom stereocenters. The second-order valence-corrected chi connectivity index (χ2v) is 5.76. The van der Waals surface area contributed by atoms with Crippen LogP contribution in [-0.4, -0.2) is 5.91 Å². The lowest BCUT2D eigenvalue weighted by atomic mass is 10.0. The SMILES string of the molecule is O=C(c1ccccc1C(F)(F)F)N(Cc1ccccc1)c1ccccc1. The van der Waals surface area contributed by atoms with E-state index in [0.717, 1.165) is 11.6 Å². The van der Waals surface area contributed by atoms with Gasteiger partial charge in [-0.15, -0.1) is 0 Å². The molecule has 26 heavy (non-hydrogen) atoms. The largest absolute Gasteiger partial charge is 0.417 e. The second kappa shape index (κ2) is 7.44. The molecule has 0 N–H and O–H groups in total. The molecule has 5 heteroatoms. The van der Waals surface area contributed by atoms with Gasteiger partial charge in [-0.05, 0) is 29.8 Å². The molecule has 0 bridgehead atoms. The molecule has 0 spiro atoms. The van der Waals surface area contributed by atoms with Gasteiger partial charge in [0, 0.05) is 5.69 Å². The van der Waals surface area contributed by atoms with Crippen molar-refractivity contribution in [3.63, 3.8) is 0 Å². The molecule has 0 fully saturated rings. The number of hydrogen-bond acceptors (Lipinski definition) is 1. The number of anilines is 1. The minimum Gasteiger partial charge on any atom is -0.304 e. The standard InChI is InChI=1S/C21H16F3NO/c22-21(23,24)19-14-8-7-13-18(19)20(26)25(17-11-5-2-6-12-17)15-16-9-3-1-4-10-16/h1-14H,15H2. The van der Waals surface area contributed by atoms with Gasteiger partial charge in [-0.3, -0.25) is 4.79 Å². The van der Waals surface area contributed by atoms with E-state index in [9.17, 15) is 18.0 Å². The number of halogens is 3. The van der Waals surface area contributed by atoms with Crippen molar-refractivity contribution in [2.75, 3.05) is 4.90 Å². The highest BCUT2D eigenvalue weighted by Crippen LogP contribution is 2.33. The van der Waals surface area contributed by atoms with Crippen molar-refractivity contribution < 1.29 is 18.0 Å². The lowest BCUT2D eigenvalue weighted by Gasteiger charge is -2.24. The zero-order valence-electron chi connectivity index (χ0n) is 13.8. The maximum absolute atomic E-state index is 13.3. The van der Waals surface area contributed by atoms with E-state index in [-0.39, 0.29) is 12.1 Å². The number of nitrogens with zero attached hydrogens (tertiary/aromatic N) is 1. The van der Waals surface area contributed by atoms with E-state index >= 15 is 0 Å². The molecule has 3 rings (SSSR count). The van der Waals surface area contributed by atoms with Gasteiger partial charge in [0.25, 0.3) is 5.91 Å². The summed E-state index contributed by atoms with van der Waals surface area (Å²) in [5, 5.41) is 0. The van der Waals surface area contributed by atoms with Gasteiger partial charge >= 0.3 is 6.18 Å². The number of carbonyl (C=O) groups is 1. The molecule has 2 nitrogen and oxygen atoms in total. The molecule has 0 aliphatic heterocycles. The smallest absolute Gasteiger partial charge is 0.304 e. The predicted molar refractivity (Wildman–Crippen MR) is 94.8 cm³/mol. The van der Waals surface area contributed by atoms with Gasteiger partial charge in [-0.2, -0.15) is 13.2 Å². The molecule has 3 aromatic carbocycles. The first kappa shape index (κ1) is 17.7. The number of carbonyl (C=O) groups excluding carboxylic acids is 1. The van der Waals surface area contributed by atoms with E-state index in [1.807, 2.05) is 30.3 Å². The fraction of sp³-hybridized carbons (Fsp3) is 0.0952. The highest BCUT2D eigenvalue weighted by Gasteiger charge is 2.36. The van der Waals surface area contributed by atoms with Crippen LogP contribution in [0.4, 0.5) is 18.9 Å². The fourth-order valence-corrected chi connectivity index (χ4v) is 2.72. The Kier molecular flexibility index (Phi) is 5.07. The summed E-state index contributed by atoms with van der Waals surface area (Å²) in [6.45, 7) is 0.176. The van der Waals surface area contributed by atoms with Gasteiger partial charge in [0.05, 0.1) is 17.7 Å². The molecule has 0 saturated heterocycles. The third-order valence-electron chi connectivity index (χ3n) is 3.96. The monoisotopic (exact) mass is 355 g/mol. The average Bonchev–Trinajstić information content (AvgIpc) is 2.66. The second-order valence-electron chi connectivity index (χ2n) is 5.76. The van der Waals surface area contributed by atoms with Crippen molar-refractivity contribution in [2.24, 2.45) is 0 Å². The van der Waals surface area contributed by atoms with Crippen LogP contribution in [0, 0.1) is 0 Å². The summed E-state index contributed by atoms with van der Waals surface area (Å²) >= 11 is 0. The molecular weight excluding hydrogens is 339 g/mol. The van der Waals surface area contributed by atoms with Crippen molar-refractivity contribution in [3.8, 4) is 0 Å². The van der Waals surface area contributed by atoms with Gasteiger partial charge in [-0.1, -0.05) is 60.7 Å². The van der Waals surface area contributed by atoms with Crippen molar-refractivity contribution in [3.05, 3.63) is 102 Å². The van der Waals surface area contributed by atoms with Crippen LogP contribution in [0.1, 0.15) is 21.5 Å². The molecule has 0 aromatic heterocycles. The Labute approximate surface area is 149 Å². The number of rotatable bonds is 4. The van der Waals surface area contributed by atoms with Crippen molar-refractivity contribution in [2.45, 2.75) is 12.7 Å². The third kappa shape index (κ3) is 3.94. The zero-order chi connectivity index (χ0) is 18.6. The van der Waals surface area contributed by atoms with Gasteiger partial charge in [-0.25, -0.2) is 0 Å².